The Morgan fingerprint density at radius 1 is 1.36 bits per heavy atom. The predicted octanol–water partition coefficient (Wildman–Crippen LogP) is 1.80. The van der Waals surface area contributed by atoms with Gasteiger partial charge in [-0.2, -0.15) is 0 Å². The molecule has 1 atom stereocenters. The number of aliphatic hydroxyl groups excluding tert-OH is 1. The van der Waals surface area contributed by atoms with Crippen LogP contribution in [0.5, 0.6) is 0 Å². The highest BCUT2D eigenvalue weighted by atomic mass is 16.3. The molecule has 0 spiro atoms. The first-order chi connectivity index (χ1) is 6.39. The van der Waals surface area contributed by atoms with E-state index in [0.717, 1.165) is 0 Å². The van der Waals surface area contributed by atoms with Gasteiger partial charge in [0.2, 0.25) is 5.91 Å². The maximum Gasteiger partial charge on any atom is 0.223 e. The molecule has 2 N–H and O–H groups in total. The summed E-state index contributed by atoms with van der Waals surface area (Å²) in [5.74, 6) is -0.0133. The molecule has 0 radical (unpaired) electrons. The highest BCUT2D eigenvalue weighted by molar-refractivity contribution is 5.78. The van der Waals surface area contributed by atoms with Crippen LogP contribution in [0.3, 0.4) is 0 Å². The summed E-state index contributed by atoms with van der Waals surface area (Å²) < 4.78 is 0. The Bertz CT molecular complexity index is 150. The molecule has 0 aliphatic heterocycles. The highest BCUT2D eigenvalue weighted by Gasteiger charge is 2.25. The van der Waals surface area contributed by atoms with Crippen LogP contribution in [0, 0.1) is 11.3 Å². The van der Waals surface area contributed by atoms with Crippen molar-refractivity contribution >= 4 is 5.91 Å². The van der Waals surface area contributed by atoms with Gasteiger partial charge in [-0.1, -0.05) is 41.5 Å². The van der Waals surface area contributed by atoms with E-state index in [9.17, 15) is 4.79 Å². The average Bonchev–Trinajstić information content (AvgIpc) is 2.14. The van der Waals surface area contributed by atoms with Gasteiger partial charge in [0, 0.05) is 12.5 Å². The van der Waals surface area contributed by atoms with Gasteiger partial charge in [-0.25, -0.2) is 0 Å². The largest absolute Gasteiger partial charge is 0.395 e. The molecule has 1 unspecified atom stereocenters. The fourth-order valence-electron chi connectivity index (χ4n) is 0.725. The molecule has 86 valence electrons. The van der Waals surface area contributed by atoms with Crippen molar-refractivity contribution in [2.75, 3.05) is 13.2 Å². The Kier molecular flexibility index (Phi) is 8.85. The molecule has 14 heavy (non-hydrogen) atoms. The summed E-state index contributed by atoms with van der Waals surface area (Å²) in [5.41, 5.74) is -0.0143. The van der Waals surface area contributed by atoms with Crippen molar-refractivity contribution in [1.82, 2.24) is 5.32 Å². The molecule has 0 bridgehead atoms. The van der Waals surface area contributed by atoms with Crippen LogP contribution < -0.4 is 5.32 Å². The summed E-state index contributed by atoms with van der Waals surface area (Å²) in [7, 11) is 0. The van der Waals surface area contributed by atoms with Crippen molar-refractivity contribution in [2.24, 2.45) is 11.3 Å². The van der Waals surface area contributed by atoms with Crippen LogP contribution in [0.25, 0.3) is 0 Å². The Balaban J connectivity index is 0. The van der Waals surface area contributed by atoms with Gasteiger partial charge in [-0.15, -0.1) is 0 Å². The van der Waals surface area contributed by atoms with Crippen molar-refractivity contribution in [3.8, 4) is 0 Å². The van der Waals surface area contributed by atoms with E-state index >= 15 is 0 Å². The lowest BCUT2D eigenvalue weighted by molar-refractivity contribution is -0.127. The molecule has 0 aromatic rings. The van der Waals surface area contributed by atoms with Crippen molar-refractivity contribution in [3.05, 3.63) is 0 Å². The van der Waals surface area contributed by atoms with Gasteiger partial charge in [0.05, 0.1) is 6.61 Å². The minimum Gasteiger partial charge on any atom is -0.395 e. The SMILES string of the molecule is CC.CC(C(=O)NCCO)C(C)(C)C. The first kappa shape index (κ1) is 15.9. The third kappa shape index (κ3) is 6.89. The van der Waals surface area contributed by atoms with E-state index in [2.05, 4.69) is 5.32 Å². The Labute approximate surface area is 87.9 Å². The topological polar surface area (TPSA) is 49.3 Å². The zero-order valence-corrected chi connectivity index (χ0v) is 10.3. The summed E-state index contributed by atoms with van der Waals surface area (Å²) in [6.45, 7) is 12.3. The molecule has 0 aliphatic carbocycles. The van der Waals surface area contributed by atoms with Gasteiger partial charge < -0.3 is 10.4 Å². The van der Waals surface area contributed by atoms with Gasteiger partial charge in [-0.05, 0) is 5.41 Å². The maximum absolute atomic E-state index is 11.3. The average molecular weight is 203 g/mol. The fraction of sp³-hybridized carbons (Fsp3) is 0.909. The fourth-order valence-corrected chi connectivity index (χ4v) is 0.725. The van der Waals surface area contributed by atoms with Gasteiger partial charge in [0.1, 0.15) is 0 Å². The van der Waals surface area contributed by atoms with Crippen molar-refractivity contribution < 1.29 is 9.90 Å². The van der Waals surface area contributed by atoms with E-state index < -0.39 is 0 Å². The minimum atomic E-state index is -0.0240. The Morgan fingerprint density at radius 3 is 2.07 bits per heavy atom. The standard InChI is InChI=1S/C9H19NO2.C2H6/c1-7(9(2,3)4)8(12)10-5-6-11;1-2/h7,11H,5-6H2,1-4H3,(H,10,12);1-2H3. The number of amides is 1. The number of rotatable bonds is 3. The van der Waals surface area contributed by atoms with Gasteiger partial charge in [0.15, 0.2) is 0 Å². The zero-order chi connectivity index (χ0) is 11.8. The first-order valence-corrected chi connectivity index (χ1v) is 5.28. The van der Waals surface area contributed by atoms with Gasteiger partial charge in [-0.3, -0.25) is 4.79 Å². The summed E-state index contributed by atoms with van der Waals surface area (Å²) in [6, 6.07) is 0. The van der Waals surface area contributed by atoms with Crippen LogP contribution in [0.1, 0.15) is 41.5 Å². The van der Waals surface area contributed by atoms with Crippen LogP contribution in [0.15, 0.2) is 0 Å². The van der Waals surface area contributed by atoms with E-state index in [-0.39, 0.29) is 23.8 Å². The lowest BCUT2D eigenvalue weighted by atomic mass is 9.81. The van der Waals surface area contributed by atoms with Crippen LogP contribution in [-0.4, -0.2) is 24.2 Å². The molecule has 0 aromatic heterocycles. The van der Waals surface area contributed by atoms with E-state index in [1.54, 1.807) is 0 Å². The monoisotopic (exact) mass is 203 g/mol. The maximum atomic E-state index is 11.3. The van der Waals surface area contributed by atoms with E-state index in [1.807, 2.05) is 41.5 Å². The van der Waals surface area contributed by atoms with Crippen LogP contribution >= 0.6 is 0 Å². The number of nitrogens with one attached hydrogen (secondary N) is 1. The van der Waals surface area contributed by atoms with Crippen LogP contribution in [-0.2, 0) is 4.79 Å². The molecular weight excluding hydrogens is 178 g/mol. The van der Waals surface area contributed by atoms with Crippen LogP contribution in [0.2, 0.25) is 0 Å². The lowest BCUT2D eigenvalue weighted by Gasteiger charge is -2.25. The van der Waals surface area contributed by atoms with E-state index in [0.29, 0.717) is 6.54 Å². The van der Waals surface area contributed by atoms with Crippen LogP contribution in [0.4, 0.5) is 0 Å². The Hall–Kier alpha value is -0.570. The van der Waals surface area contributed by atoms with E-state index in [1.165, 1.54) is 0 Å². The number of carbonyl (C=O) groups is 1. The molecular formula is C11H25NO2. The molecule has 3 nitrogen and oxygen atoms in total. The van der Waals surface area contributed by atoms with Crippen molar-refractivity contribution in [1.29, 1.82) is 0 Å². The number of carbonyl (C=O) groups excluding carboxylic acids is 1. The summed E-state index contributed by atoms with van der Waals surface area (Å²) in [5, 5.41) is 11.1. The Morgan fingerprint density at radius 2 is 1.79 bits per heavy atom. The quantitative estimate of drug-likeness (QED) is 0.735. The number of hydrogen-bond acceptors (Lipinski definition) is 2. The molecule has 0 saturated heterocycles. The molecule has 0 heterocycles. The third-order valence-electron chi connectivity index (χ3n) is 2.10. The molecule has 0 fully saturated rings. The van der Waals surface area contributed by atoms with Crippen molar-refractivity contribution in [3.63, 3.8) is 0 Å². The minimum absolute atomic E-state index is 0.00258. The highest BCUT2D eigenvalue weighted by Crippen LogP contribution is 2.24. The van der Waals surface area contributed by atoms with Gasteiger partial charge >= 0.3 is 0 Å². The molecule has 0 aliphatic rings. The predicted molar refractivity (Wildman–Crippen MR) is 60.1 cm³/mol. The zero-order valence-electron chi connectivity index (χ0n) is 10.3. The van der Waals surface area contributed by atoms with E-state index in [4.69, 9.17) is 5.11 Å². The molecule has 1 amide bonds. The second-order valence-corrected chi connectivity index (χ2v) is 4.10. The summed E-state index contributed by atoms with van der Waals surface area (Å²) in [4.78, 5) is 11.3. The molecule has 0 aromatic carbocycles. The summed E-state index contributed by atoms with van der Waals surface area (Å²) >= 11 is 0. The van der Waals surface area contributed by atoms with Crippen molar-refractivity contribution in [2.45, 2.75) is 41.5 Å². The third-order valence-corrected chi connectivity index (χ3v) is 2.10. The molecule has 0 rings (SSSR count). The smallest absolute Gasteiger partial charge is 0.223 e. The van der Waals surface area contributed by atoms with Gasteiger partial charge in [0.25, 0.3) is 0 Å². The first-order valence-electron chi connectivity index (χ1n) is 5.28. The normalized spacial score (nSPS) is 12.5. The summed E-state index contributed by atoms with van der Waals surface area (Å²) in [6.07, 6.45) is 0. The molecule has 3 heteroatoms. The second-order valence-electron chi connectivity index (χ2n) is 4.10. The lowest BCUT2D eigenvalue weighted by Crippen LogP contribution is -2.37. The number of hydrogen-bond donors (Lipinski definition) is 2. The second kappa shape index (κ2) is 7.80. The number of aliphatic hydroxyl groups is 1. The molecule has 0 saturated carbocycles.